The Morgan fingerprint density at radius 1 is 1.21 bits per heavy atom. The summed E-state index contributed by atoms with van der Waals surface area (Å²) in [4.78, 5) is 4.46. The molecule has 0 aliphatic heterocycles. The van der Waals surface area contributed by atoms with Crippen LogP contribution in [0.4, 0.5) is 0 Å². The number of fused-ring (bicyclic) bond motifs is 3. The molecule has 2 heteroatoms. The minimum atomic E-state index is 0.777. The first kappa shape index (κ1) is 8.04. The molecule has 72 valence electrons. The van der Waals surface area contributed by atoms with Crippen molar-refractivity contribution in [3.8, 4) is 0 Å². The highest BCUT2D eigenvalue weighted by Gasteiger charge is 2.15. The third-order valence-corrected chi connectivity index (χ3v) is 2.99. The van der Waals surface area contributed by atoms with Gasteiger partial charge in [-0.1, -0.05) is 6.07 Å². The van der Waals surface area contributed by atoms with Crippen molar-refractivity contribution in [2.75, 3.05) is 0 Å². The van der Waals surface area contributed by atoms with Gasteiger partial charge in [0.2, 0.25) is 0 Å². The van der Waals surface area contributed by atoms with E-state index in [-0.39, 0.29) is 0 Å². The van der Waals surface area contributed by atoms with Crippen molar-refractivity contribution in [2.24, 2.45) is 0 Å². The van der Waals surface area contributed by atoms with Crippen molar-refractivity contribution in [1.29, 1.82) is 0 Å². The van der Waals surface area contributed by atoms with Crippen LogP contribution in [-0.2, 0) is 12.8 Å². The largest absolute Gasteiger partial charge is 0.441 e. The monoisotopic (exact) mass is 187 g/mol. The molecule has 0 saturated heterocycles. The van der Waals surface area contributed by atoms with Crippen LogP contribution in [0.15, 0.2) is 16.5 Å². The smallest absolute Gasteiger partial charge is 0.192 e. The molecule has 14 heavy (non-hydrogen) atoms. The molecule has 0 saturated carbocycles. The quantitative estimate of drug-likeness (QED) is 0.633. The number of aromatic nitrogens is 1. The lowest BCUT2D eigenvalue weighted by atomic mass is 9.91. The number of oxazole rings is 1. The van der Waals surface area contributed by atoms with Gasteiger partial charge < -0.3 is 4.42 Å². The van der Waals surface area contributed by atoms with Gasteiger partial charge >= 0.3 is 0 Å². The zero-order chi connectivity index (χ0) is 9.54. The molecule has 1 aromatic heterocycles. The van der Waals surface area contributed by atoms with E-state index < -0.39 is 0 Å². The van der Waals surface area contributed by atoms with E-state index in [0.717, 1.165) is 17.0 Å². The molecule has 1 aromatic carbocycles. The summed E-state index contributed by atoms with van der Waals surface area (Å²) >= 11 is 0. The lowest BCUT2D eigenvalue weighted by Gasteiger charge is -2.14. The predicted molar refractivity (Wildman–Crippen MR) is 55.4 cm³/mol. The van der Waals surface area contributed by atoms with Gasteiger partial charge in [-0.15, -0.1) is 0 Å². The van der Waals surface area contributed by atoms with Crippen LogP contribution in [0, 0.1) is 6.92 Å². The van der Waals surface area contributed by atoms with Gasteiger partial charge in [-0.25, -0.2) is 4.98 Å². The number of benzene rings is 1. The van der Waals surface area contributed by atoms with Crippen molar-refractivity contribution in [3.63, 3.8) is 0 Å². The number of hydrogen-bond donors (Lipinski definition) is 0. The summed E-state index contributed by atoms with van der Waals surface area (Å²) in [5, 5.41) is 0. The van der Waals surface area contributed by atoms with E-state index in [2.05, 4.69) is 17.1 Å². The summed E-state index contributed by atoms with van der Waals surface area (Å²) in [6.07, 6.45) is 4.98. The molecule has 0 spiro atoms. The third kappa shape index (κ3) is 1.07. The normalized spacial score (nSPS) is 15.8. The molecule has 0 unspecified atom stereocenters. The van der Waals surface area contributed by atoms with Crippen molar-refractivity contribution in [3.05, 3.63) is 29.2 Å². The van der Waals surface area contributed by atoms with Crippen LogP contribution < -0.4 is 0 Å². The highest BCUT2D eigenvalue weighted by Crippen LogP contribution is 2.28. The Morgan fingerprint density at radius 3 is 3.00 bits per heavy atom. The standard InChI is InChI=1S/C12H13NO/c1-8-13-12-10-5-3-2-4-9(10)6-7-11(12)14-8/h6-7H,2-5H2,1H3. The van der Waals surface area contributed by atoms with Crippen LogP contribution in [0.1, 0.15) is 29.9 Å². The first-order valence-electron chi connectivity index (χ1n) is 5.22. The second-order valence-corrected chi connectivity index (χ2v) is 3.99. The lowest BCUT2D eigenvalue weighted by Crippen LogP contribution is -2.02. The van der Waals surface area contributed by atoms with Crippen LogP contribution in [0.5, 0.6) is 0 Å². The summed E-state index contributed by atoms with van der Waals surface area (Å²) in [7, 11) is 0. The fraction of sp³-hybridized carbons (Fsp3) is 0.417. The van der Waals surface area contributed by atoms with Gasteiger partial charge in [0, 0.05) is 6.92 Å². The Bertz CT molecular complexity index is 484. The van der Waals surface area contributed by atoms with Crippen LogP contribution in [0.2, 0.25) is 0 Å². The molecule has 2 nitrogen and oxygen atoms in total. The maximum atomic E-state index is 5.52. The van der Waals surface area contributed by atoms with E-state index in [1.54, 1.807) is 0 Å². The van der Waals surface area contributed by atoms with Crippen LogP contribution >= 0.6 is 0 Å². The maximum Gasteiger partial charge on any atom is 0.192 e. The van der Waals surface area contributed by atoms with Crippen molar-refractivity contribution in [2.45, 2.75) is 32.6 Å². The Balaban J connectivity index is 2.33. The zero-order valence-corrected chi connectivity index (χ0v) is 8.34. The SMILES string of the molecule is Cc1nc2c3c(ccc2o1)CCCC3. The predicted octanol–water partition coefficient (Wildman–Crippen LogP) is 3.02. The van der Waals surface area contributed by atoms with Crippen LogP contribution in [0.25, 0.3) is 11.1 Å². The number of nitrogens with zero attached hydrogens (tertiary/aromatic N) is 1. The van der Waals surface area contributed by atoms with Crippen LogP contribution in [0.3, 0.4) is 0 Å². The molecule has 0 N–H and O–H groups in total. The molecule has 3 rings (SSSR count). The van der Waals surface area contributed by atoms with E-state index in [1.807, 2.05) is 6.92 Å². The first-order chi connectivity index (χ1) is 6.84. The third-order valence-electron chi connectivity index (χ3n) is 2.99. The Labute approximate surface area is 82.9 Å². The van der Waals surface area contributed by atoms with Gasteiger partial charge in [0.05, 0.1) is 0 Å². The molecule has 1 heterocycles. The van der Waals surface area contributed by atoms with Gasteiger partial charge in [-0.05, 0) is 42.9 Å². The molecule has 0 amide bonds. The molecule has 2 aromatic rings. The average Bonchev–Trinajstić information content (AvgIpc) is 2.59. The van der Waals surface area contributed by atoms with Crippen molar-refractivity contribution >= 4 is 11.1 Å². The Morgan fingerprint density at radius 2 is 2.07 bits per heavy atom. The van der Waals surface area contributed by atoms with E-state index >= 15 is 0 Å². The molecule has 1 aliphatic carbocycles. The van der Waals surface area contributed by atoms with Gasteiger partial charge in [0.15, 0.2) is 11.5 Å². The van der Waals surface area contributed by atoms with E-state index in [4.69, 9.17) is 4.42 Å². The number of hydrogen-bond acceptors (Lipinski definition) is 2. The Kier molecular flexibility index (Phi) is 1.63. The molecule has 1 aliphatic rings. The molecule has 0 atom stereocenters. The minimum Gasteiger partial charge on any atom is -0.441 e. The number of aryl methyl sites for hydroxylation is 3. The summed E-state index contributed by atoms with van der Waals surface area (Å²) in [5.74, 6) is 0.777. The van der Waals surface area contributed by atoms with Gasteiger partial charge in [0.25, 0.3) is 0 Å². The fourth-order valence-corrected chi connectivity index (χ4v) is 2.33. The van der Waals surface area contributed by atoms with E-state index in [0.29, 0.717) is 0 Å². The second-order valence-electron chi connectivity index (χ2n) is 3.99. The second kappa shape index (κ2) is 2.84. The van der Waals surface area contributed by atoms with E-state index in [1.165, 1.54) is 36.8 Å². The first-order valence-corrected chi connectivity index (χ1v) is 5.22. The lowest BCUT2D eigenvalue weighted by molar-refractivity contribution is 0.561. The summed E-state index contributed by atoms with van der Waals surface area (Å²) < 4.78 is 5.52. The van der Waals surface area contributed by atoms with Gasteiger partial charge in [-0.3, -0.25) is 0 Å². The average molecular weight is 187 g/mol. The number of rotatable bonds is 0. The summed E-state index contributed by atoms with van der Waals surface area (Å²) in [5.41, 5.74) is 4.94. The molecular weight excluding hydrogens is 174 g/mol. The summed E-state index contributed by atoms with van der Waals surface area (Å²) in [6, 6.07) is 4.25. The molecule has 0 bridgehead atoms. The molecule has 0 radical (unpaired) electrons. The van der Waals surface area contributed by atoms with Crippen molar-refractivity contribution in [1.82, 2.24) is 4.98 Å². The highest BCUT2D eigenvalue weighted by molar-refractivity contribution is 5.78. The van der Waals surface area contributed by atoms with E-state index in [9.17, 15) is 0 Å². The highest BCUT2D eigenvalue weighted by atomic mass is 16.3. The Hall–Kier alpha value is -1.31. The van der Waals surface area contributed by atoms with Gasteiger partial charge in [0.1, 0.15) is 5.52 Å². The topological polar surface area (TPSA) is 26.0 Å². The zero-order valence-electron chi connectivity index (χ0n) is 8.34. The molecular formula is C12H13NO. The minimum absolute atomic E-state index is 0.777. The van der Waals surface area contributed by atoms with Gasteiger partial charge in [-0.2, -0.15) is 0 Å². The summed E-state index contributed by atoms with van der Waals surface area (Å²) in [6.45, 7) is 1.91. The maximum absolute atomic E-state index is 5.52. The fourth-order valence-electron chi connectivity index (χ4n) is 2.33. The van der Waals surface area contributed by atoms with Crippen LogP contribution in [-0.4, -0.2) is 4.98 Å². The molecule has 0 fully saturated rings. The van der Waals surface area contributed by atoms with Crippen molar-refractivity contribution < 1.29 is 4.42 Å².